The predicted octanol–water partition coefficient (Wildman–Crippen LogP) is 1.43. The molecule has 4 N–H and O–H groups in total. The summed E-state index contributed by atoms with van der Waals surface area (Å²) >= 11 is 11.9. The second kappa shape index (κ2) is 8.00. The Bertz CT molecular complexity index is 821. The van der Waals surface area contributed by atoms with Crippen LogP contribution in [0.2, 0.25) is 10.0 Å². The van der Waals surface area contributed by atoms with Crippen molar-refractivity contribution in [1.29, 1.82) is 0 Å². The average molecular weight is 384 g/mol. The fourth-order valence-corrected chi connectivity index (χ4v) is 2.33. The second-order valence-electron chi connectivity index (χ2n) is 5.18. The molecule has 2 rings (SSSR count). The molecule has 0 radical (unpaired) electrons. The summed E-state index contributed by atoms with van der Waals surface area (Å²) < 4.78 is 1.28. The van der Waals surface area contributed by atoms with E-state index in [-0.39, 0.29) is 22.2 Å². The van der Waals surface area contributed by atoms with Crippen LogP contribution in [-0.2, 0) is 16.1 Å². The lowest BCUT2D eigenvalue weighted by Crippen LogP contribution is -2.41. The van der Waals surface area contributed by atoms with Gasteiger partial charge in [-0.2, -0.15) is 5.10 Å². The Kier molecular flexibility index (Phi) is 6.00. The monoisotopic (exact) mass is 383 g/mol. The normalized spacial score (nSPS) is 11.6. The number of aromatic nitrogens is 2. The summed E-state index contributed by atoms with van der Waals surface area (Å²) in [5, 5.41) is 9.33. The van der Waals surface area contributed by atoms with Crippen LogP contribution < -0.4 is 16.4 Å². The van der Waals surface area contributed by atoms with Crippen LogP contribution in [0.25, 0.3) is 0 Å². The van der Waals surface area contributed by atoms with Gasteiger partial charge in [0.1, 0.15) is 12.6 Å². The molecule has 0 saturated carbocycles. The van der Waals surface area contributed by atoms with Crippen LogP contribution in [0.5, 0.6) is 0 Å². The molecule has 0 saturated heterocycles. The van der Waals surface area contributed by atoms with Crippen molar-refractivity contribution in [1.82, 2.24) is 15.1 Å². The highest BCUT2D eigenvalue weighted by Gasteiger charge is 2.19. The van der Waals surface area contributed by atoms with Gasteiger partial charge in [-0.1, -0.05) is 29.3 Å². The van der Waals surface area contributed by atoms with Gasteiger partial charge in [-0.05, 0) is 19.1 Å². The molecule has 8 nitrogen and oxygen atoms in total. The maximum absolute atomic E-state index is 12.2. The highest BCUT2D eigenvalue weighted by Crippen LogP contribution is 2.25. The lowest BCUT2D eigenvalue weighted by atomic mass is 10.2. The number of hydrogen-bond acceptors (Lipinski definition) is 4. The van der Waals surface area contributed by atoms with Crippen LogP contribution in [-0.4, -0.2) is 33.5 Å². The molecular weight excluding hydrogens is 369 g/mol. The smallest absolute Gasteiger partial charge is 0.253 e. The number of benzene rings is 1. The number of anilines is 1. The SMILES string of the molecule is CC(NC(=O)c1cccc(Cl)c1Cl)C(=O)Nc1cnn(CC(N)=O)c1. The van der Waals surface area contributed by atoms with Crippen molar-refractivity contribution in [3.05, 3.63) is 46.2 Å². The molecule has 0 fully saturated rings. The summed E-state index contributed by atoms with van der Waals surface area (Å²) in [5.41, 5.74) is 5.60. The zero-order valence-electron chi connectivity index (χ0n) is 13.1. The number of carbonyl (C=O) groups excluding carboxylic acids is 3. The first-order valence-corrected chi connectivity index (χ1v) is 7.90. The summed E-state index contributed by atoms with van der Waals surface area (Å²) in [4.78, 5) is 35.2. The number of amides is 3. The molecule has 10 heteroatoms. The van der Waals surface area contributed by atoms with E-state index in [2.05, 4.69) is 15.7 Å². The van der Waals surface area contributed by atoms with Gasteiger partial charge in [0.15, 0.2) is 0 Å². The Morgan fingerprint density at radius 3 is 2.72 bits per heavy atom. The zero-order chi connectivity index (χ0) is 18.6. The van der Waals surface area contributed by atoms with E-state index in [4.69, 9.17) is 28.9 Å². The Balaban J connectivity index is 1.98. The number of nitrogens with two attached hydrogens (primary N) is 1. The maximum Gasteiger partial charge on any atom is 0.253 e. The maximum atomic E-state index is 12.2. The minimum atomic E-state index is -0.845. The highest BCUT2D eigenvalue weighted by molar-refractivity contribution is 6.43. The fraction of sp³-hybridized carbons (Fsp3) is 0.200. The van der Waals surface area contributed by atoms with Gasteiger partial charge in [-0.15, -0.1) is 0 Å². The number of primary amides is 1. The van der Waals surface area contributed by atoms with Crippen molar-refractivity contribution in [3.63, 3.8) is 0 Å². The zero-order valence-corrected chi connectivity index (χ0v) is 14.6. The lowest BCUT2D eigenvalue weighted by Gasteiger charge is -2.14. The van der Waals surface area contributed by atoms with Gasteiger partial charge in [0.2, 0.25) is 11.8 Å². The van der Waals surface area contributed by atoms with E-state index in [0.717, 1.165) is 0 Å². The summed E-state index contributed by atoms with van der Waals surface area (Å²) in [6.45, 7) is 1.41. The first kappa shape index (κ1) is 18.8. The average Bonchev–Trinajstić information content (AvgIpc) is 2.95. The van der Waals surface area contributed by atoms with Crippen LogP contribution in [0.3, 0.4) is 0 Å². The molecular formula is C15H15Cl2N5O3. The molecule has 1 aromatic heterocycles. The van der Waals surface area contributed by atoms with Crippen LogP contribution in [0.1, 0.15) is 17.3 Å². The van der Waals surface area contributed by atoms with E-state index in [1.807, 2.05) is 0 Å². The Hall–Kier alpha value is -2.58. The largest absolute Gasteiger partial charge is 0.368 e. The van der Waals surface area contributed by atoms with Crippen molar-refractivity contribution in [2.45, 2.75) is 19.5 Å². The molecule has 1 atom stereocenters. The van der Waals surface area contributed by atoms with Gasteiger partial charge < -0.3 is 16.4 Å². The fourth-order valence-electron chi connectivity index (χ4n) is 1.94. The van der Waals surface area contributed by atoms with Gasteiger partial charge in [-0.3, -0.25) is 19.1 Å². The first-order valence-electron chi connectivity index (χ1n) is 7.14. The van der Waals surface area contributed by atoms with Crippen molar-refractivity contribution < 1.29 is 14.4 Å². The van der Waals surface area contributed by atoms with Crippen LogP contribution in [0.15, 0.2) is 30.6 Å². The van der Waals surface area contributed by atoms with Crippen LogP contribution >= 0.6 is 23.2 Å². The molecule has 132 valence electrons. The van der Waals surface area contributed by atoms with E-state index in [1.54, 1.807) is 12.1 Å². The van der Waals surface area contributed by atoms with E-state index < -0.39 is 23.8 Å². The van der Waals surface area contributed by atoms with Crippen molar-refractivity contribution >= 4 is 46.6 Å². The van der Waals surface area contributed by atoms with E-state index in [1.165, 1.54) is 30.1 Å². The number of carbonyl (C=O) groups is 3. The third kappa shape index (κ3) is 4.94. The third-order valence-corrected chi connectivity index (χ3v) is 3.97. The summed E-state index contributed by atoms with van der Waals surface area (Å²) in [5.74, 6) is -1.55. The van der Waals surface area contributed by atoms with Gasteiger partial charge in [0.05, 0.1) is 27.5 Å². The van der Waals surface area contributed by atoms with Gasteiger partial charge in [0, 0.05) is 6.20 Å². The number of nitrogens with zero attached hydrogens (tertiary/aromatic N) is 2. The molecule has 0 aliphatic carbocycles. The number of hydrogen-bond donors (Lipinski definition) is 3. The number of halogens is 2. The minimum Gasteiger partial charge on any atom is -0.368 e. The van der Waals surface area contributed by atoms with Crippen molar-refractivity contribution in [2.24, 2.45) is 5.73 Å². The number of rotatable bonds is 6. The molecule has 1 unspecified atom stereocenters. The Morgan fingerprint density at radius 2 is 2.04 bits per heavy atom. The van der Waals surface area contributed by atoms with E-state index >= 15 is 0 Å². The molecule has 25 heavy (non-hydrogen) atoms. The standard InChI is InChI=1S/C15H15Cl2N5O3/c1-8(20-15(25)10-3-2-4-11(16)13(10)17)14(24)21-9-5-19-22(6-9)7-12(18)23/h2-6,8H,7H2,1H3,(H2,18,23)(H,20,25)(H,21,24). The van der Waals surface area contributed by atoms with Gasteiger partial charge in [-0.25, -0.2) is 0 Å². The summed E-state index contributed by atoms with van der Waals surface area (Å²) in [6.07, 6.45) is 2.81. The molecule has 0 aliphatic heterocycles. The molecule has 1 heterocycles. The predicted molar refractivity (Wildman–Crippen MR) is 93.4 cm³/mol. The van der Waals surface area contributed by atoms with E-state index in [0.29, 0.717) is 5.69 Å². The van der Waals surface area contributed by atoms with Crippen LogP contribution in [0, 0.1) is 0 Å². The summed E-state index contributed by atoms with van der Waals surface area (Å²) in [6, 6.07) is 3.80. The van der Waals surface area contributed by atoms with Crippen LogP contribution in [0.4, 0.5) is 5.69 Å². The summed E-state index contributed by atoms with van der Waals surface area (Å²) in [7, 11) is 0. The molecule has 0 spiro atoms. The molecule has 3 amide bonds. The van der Waals surface area contributed by atoms with Crippen molar-refractivity contribution in [3.8, 4) is 0 Å². The topological polar surface area (TPSA) is 119 Å². The van der Waals surface area contributed by atoms with Crippen molar-refractivity contribution in [2.75, 3.05) is 5.32 Å². The molecule has 0 bridgehead atoms. The van der Waals surface area contributed by atoms with E-state index in [9.17, 15) is 14.4 Å². The molecule has 0 aliphatic rings. The first-order chi connectivity index (χ1) is 11.8. The molecule has 1 aromatic carbocycles. The second-order valence-corrected chi connectivity index (χ2v) is 5.96. The lowest BCUT2D eigenvalue weighted by molar-refractivity contribution is -0.119. The molecule has 2 aromatic rings. The highest BCUT2D eigenvalue weighted by atomic mass is 35.5. The van der Waals surface area contributed by atoms with Gasteiger partial charge in [0.25, 0.3) is 5.91 Å². The minimum absolute atomic E-state index is 0.102. The Labute approximate surface area is 153 Å². The number of nitrogens with one attached hydrogen (secondary N) is 2. The third-order valence-electron chi connectivity index (χ3n) is 3.16. The quantitative estimate of drug-likeness (QED) is 0.698. The Morgan fingerprint density at radius 1 is 1.32 bits per heavy atom. The van der Waals surface area contributed by atoms with Gasteiger partial charge >= 0.3 is 0 Å².